The quantitative estimate of drug-likeness (QED) is 0.410. The van der Waals surface area contributed by atoms with Gasteiger partial charge < -0.3 is 5.32 Å². The van der Waals surface area contributed by atoms with Crippen LogP contribution < -0.4 is 10.9 Å². The van der Waals surface area contributed by atoms with Crippen molar-refractivity contribution in [3.8, 4) is 0 Å². The van der Waals surface area contributed by atoms with Crippen molar-refractivity contribution >= 4 is 39.3 Å². The van der Waals surface area contributed by atoms with Crippen molar-refractivity contribution in [3.05, 3.63) is 46.8 Å². The van der Waals surface area contributed by atoms with Gasteiger partial charge in [0.05, 0.1) is 16.7 Å². The first kappa shape index (κ1) is 18.5. The number of fused-ring (bicyclic) bond motifs is 2. The Morgan fingerprint density at radius 2 is 1.96 bits per heavy atom. The Labute approximate surface area is 156 Å². The minimum Gasteiger partial charge on any atom is -0.353 e. The molecular formula is C20H23N3O2S. The van der Waals surface area contributed by atoms with Crippen molar-refractivity contribution in [2.45, 2.75) is 37.9 Å². The molecule has 0 bridgehead atoms. The van der Waals surface area contributed by atoms with E-state index < -0.39 is 0 Å². The lowest BCUT2D eigenvalue weighted by molar-refractivity contribution is -0.119. The van der Waals surface area contributed by atoms with Gasteiger partial charge in [-0.05, 0) is 36.2 Å². The van der Waals surface area contributed by atoms with Crippen LogP contribution in [0.15, 0.2) is 46.3 Å². The summed E-state index contributed by atoms with van der Waals surface area (Å²) in [7, 11) is 1.70. The van der Waals surface area contributed by atoms with E-state index in [1.54, 1.807) is 7.05 Å². The fourth-order valence-electron chi connectivity index (χ4n) is 3.02. The summed E-state index contributed by atoms with van der Waals surface area (Å²) in [6.07, 6.45) is 1.99. The summed E-state index contributed by atoms with van der Waals surface area (Å²) >= 11 is 1.29. The molecule has 0 saturated carbocycles. The van der Waals surface area contributed by atoms with Crippen molar-refractivity contribution in [2.75, 3.05) is 5.75 Å². The van der Waals surface area contributed by atoms with Crippen LogP contribution in [0.1, 0.15) is 26.7 Å². The molecule has 0 radical (unpaired) electrons. The predicted molar refractivity (Wildman–Crippen MR) is 108 cm³/mol. The van der Waals surface area contributed by atoms with Crippen molar-refractivity contribution in [1.29, 1.82) is 0 Å². The molecule has 1 heterocycles. The van der Waals surface area contributed by atoms with E-state index in [9.17, 15) is 9.59 Å². The third-order valence-corrected chi connectivity index (χ3v) is 5.39. The molecule has 0 fully saturated rings. The lowest BCUT2D eigenvalue weighted by Gasteiger charge is -2.13. The summed E-state index contributed by atoms with van der Waals surface area (Å²) in [5.41, 5.74) is 0.567. The zero-order chi connectivity index (χ0) is 18.7. The lowest BCUT2D eigenvalue weighted by atomic mass is 10.1. The number of carbonyl (C=O) groups is 1. The smallest absolute Gasteiger partial charge is 0.261 e. The third kappa shape index (κ3) is 3.90. The van der Waals surface area contributed by atoms with Crippen molar-refractivity contribution in [1.82, 2.24) is 14.9 Å². The fourth-order valence-corrected chi connectivity index (χ4v) is 3.80. The first-order valence-corrected chi connectivity index (χ1v) is 9.80. The second-order valence-electron chi connectivity index (χ2n) is 6.52. The molecular weight excluding hydrogens is 346 g/mol. The molecule has 1 N–H and O–H groups in total. The molecule has 1 aromatic heterocycles. The van der Waals surface area contributed by atoms with Crippen LogP contribution in [0.5, 0.6) is 0 Å². The van der Waals surface area contributed by atoms with E-state index in [1.165, 1.54) is 16.3 Å². The average Bonchev–Trinajstić information content (AvgIpc) is 2.62. The monoisotopic (exact) mass is 369 g/mol. The number of nitrogens with zero attached hydrogens (tertiary/aromatic N) is 2. The van der Waals surface area contributed by atoms with Crippen molar-refractivity contribution < 1.29 is 4.79 Å². The number of thioether (sulfide) groups is 1. The van der Waals surface area contributed by atoms with Gasteiger partial charge in [0.15, 0.2) is 5.16 Å². The number of nitrogens with one attached hydrogen (secondary N) is 1. The highest BCUT2D eigenvalue weighted by Crippen LogP contribution is 2.22. The van der Waals surface area contributed by atoms with Gasteiger partial charge in [-0.15, -0.1) is 0 Å². The molecule has 2 aromatic carbocycles. The average molecular weight is 369 g/mol. The molecule has 3 aromatic rings. The van der Waals surface area contributed by atoms with E-state index in [4.69, 9.17) is 0 Å². The van der Waals surface area contributed by atoms with Gasteiger partial charge in [0.2, 0.25) is 5.91 Å². The molecule has 136 valence electrons. The van der Waals surface area contributed by atoms with Crippen molar-refractivity contribution in [2.24, 2.45) is 7.05 Å². The summed E-state index contributed by atoms with van der Waals surface area (Å²) in [5.74, 6) is 0.205. The minimum atomic E-state index is -0.0944. The van der Waals surface area contributed by atoms with E-state index in [0.29, 0.717) is 16.1 Å². The van der Waals surface area contributed by atoms with Gasteiger partial charge in [-0.25, -0.2) is 4.98 Å². The maximum absolute atomic E-state index is 12.7. The van der Waals surface area contributed by atoms with E-state index in [1.807, 2.05) is 43.3 Å². The SMILES string of the molecule is CCC[C@H](C)NC(=O)CSc1nc2cc3ccccc3cc2c(=O)n1C. The second kappa shape index (κ2) is 7.91. The highest BCUT2D eigenvalue weighted by Gasteiger charge is 2.13. The fraction of sp³-hybridized carbons (Fsp3) is 0.350. The molecule has 6 heteroatoms. The minimum absolute atomic E-state index is 0.0381. The molecule has 0 saturated heterocycles. The highest BCUT2D eigenvalue weighted by atomic mass is 32.2. The van der Waals surface area contributed by atoms with Crippen LogP contribution >= 0.6 is 11.8 Å². The predicted octanol–water partition coefficient (Wildman–Crippen LogP) is 3.48. The van der Waals surface area contributed by atoms with Gasteiger partial charge in [0.25, 0.3) is 5.56 Å². The van der Waals surface area contributed by atoms with Gasteiger partial charge in [-0.3, -0.25) is 14.2 Å². The molecule has 26 heavy (non-hydrogen) atoms. The summed E-state index contributed by atoms with van der Waals surface area (Å²) in [4.78, 5) is 29.4. The zero-order valence-electron chi connectivity index (χ0n) is 15.3. The first-order valence-electron chi connectivity index (χ1n) is 8.81. The molecule has 0 unspecified atom stereocenters. The molecule has 0 aliphatic carbocycles. The molecule has 1 atom stereocenters. The molecule has 1 amide bonds. The zero-order valence-corrected chi connectivity index (χ0v) is 16.1. The van der Waals surface area contributed by atoms with Gasteiger partial charge in [0.1, 0.15) is 0 Å². The summed E-state index contributed by atoms with van der Waals surface area (Å²) in [6.45, 7) is 4.09. The van der Waals surface area contributed by atoms with Gasteiger partial charge in [0, 0.05) is 13.1 Å². The normalized spacial score (nSPS) is 12.4. The number of hydrogen-bond acceptors (Lipinski definition) is 4. The Kier molecular flexibility index (Phi) is 5.61. The molecule has 5 nitrogen and oxygen atoms in total. The number of amides is 1. The van der Waals surface area contributed by atoms with Gasteiger partial charge >= 0.3 is 0 Å². The Morgan fingerprint density at radius 3 is 2.65 bits per heavy atom. The van der Waals surface area contributed by atoms with Crippen LogP contribution in [0, 0.1) is 0 Å². The Morgan fingerprint density at radius 1 is 1.27 bits per heavy atom. The molecule has 0 aliphatic rings. The molecule has 0 spiro atoms. The number of aromatic nitrogens is 2. The largest absolute Gasteiger partial charge is 0.353 e. The first-order chi connectivity index (χ1) is 12.5. The Bertz CT molecular complexity index is 1010. The number of carbonyl (C=O) groups excluding carboxylic acids is 1. The van der Waals surface area contributed by atoms with Crippen LogP contribution in [0.3, 0.4) is 0 Å². The number of benzene rings is 2. The molecule has 3 rings (SSSR count). The van der Waals surface area contributed by atoms with Crippen LogP contribution in [0.4, 0.5) is 0 Å². The third-order valence-electron chi connectivity index (χ3n) is 4.36. The standard InChI is InChI=1S/C20H23N3O2S/c1-4-7-13(2)21-18(24)12-26-20-22-17-11-15-9-6-5-8-14(15)10-16(17)19(25)23(20)3/h5-6,8-11,13H,4,7,12H2,1-3H3,(H,21,24)/t13-/m0/s1. The number of hydrogen-bond donors (Lipinski definition) is 1. The maximum Gasteiger partial charge on any atom is 0.261 e. The Hall–Kier alpha value is -2.34. The van der Waals surface area contributed by atoms with Crippen LogP contribution in [-0.4, -0.2) is 27.3 Å². The van der Waals surface area contributed by atoms with E-state index in [-0.39, 0.29) is 23.3 Å². The second-order valence-corrected chi connectivity index (χ2v) is 7.46. The highest BCUT2D eigenvalue weighted by molar-refractivity contribution is 7.99. The Balaban J connectivity index is 1.87. The van der Waals surface area contributed by atoms with Crippen LogP contribution in [0.25, 0.3) is 21.7 Å². The van der Waals surface area contributed by atoms with Crippen molar-refractivity contribution in [3.63, 3.8) is 0 Å². The van der Waals surface area contributed by atoms with E-state index >= 15 is 0 Å². The summed E-state index contributed by atoms with van der Waals surface area (Å²) in [6, 6.07) is 11.9. The topological polar surface area (TPSA) is 64.0 Å². The van der Waals surface area contributed by atoms with Crippen LogP contribution in [0.2, 0.25) is 0 Å². The van der Waals surface area contributed by atoms with E-state index in [2.05, 4.69) is 17.2 Å². The van der Waals surface area contributed by atoms with Gasteiger partial charge in [-0.2, -0.15) is 0 Å². The van der Waals surface area contributed by atoms with E-state index in [0.717, 1.165) is 23.6 Å². The number of rotatable bonds is 6. The summed E-state index contributed by atoms with van der Waals surface area (Å²) in [5, 5.41) is 6.18. The summed E-state index contributed by atoms with van der Waals surface area (Å²) < 4.78 is 1.52. The maximum atomic E-state index is 12.7. The lowest BCUT2D eigenvalue weighted by Crippen LogP contribution is -2.33. The van der Waals surface area contributed by atoms with Crippen LogP contribution in [-0.2, 0) is 11.8 Å². The molecule has 0 aliphatic heterocycles. The van der Waals surface area contributed by atoms with Gasteiger partial charge in [-0.1, -0.05) is 49.4 Å².